The molecule has 24 heavy (non-hydrogen) atoms. The van der Waals surface area contributed by atoms with Crippen molar-refractivity contribution in [3.05, 3.63) is 45.0 Å². The zero-order valence-electron chi connectivity index (χ0n) is 13.2. The maximum atomic E-state index is 13.1. The van der Waals surface area contributed by atoms with Gasteiger partial charge >= 0.3 is 5.97 Å². The molecular weight excluding hydrogens is 421 g/mol. The van der Waals surface area contributed by atoms with Gasteiger partial charge in [-0.1, -0.05) is 6.07 Å². The summed E-state index contributed by atoms with van der Waals surface area (Å²) in [6.07, 6.45) is 3.38. The number of carbonyl (C=O) groups is 2. The third-order valence-corrected chi connectivity index (χ3v) is 5.47. The fraction of sp³-hybridized carbons (Fsp3) is 0.353. The number of halogens is 1. The van der Waals surface area contributed by atoms with Gasteiger partial charge in [0.1, 0.15) is 6.33 Å². The highest BCUT2D eigenvalue weighted by molar-refractivity contribution is 14.1. The molecule has 0 bridgehead atoms. The quantitative estimate of drug-likeness (QED) is 0.536. The highest BCUT2D eigenvalue weighted by atomic mass is 127. The zero-order chi connectivity index (χ0) is 16.8. The molecule has 1 aromatic heterocycles. The molecule has 124 valence electrons. The minimum Gasteiger partial charge on any atom is -0.461 e. The average molecular weight is 437 g/mol. The number of nitrogens with zero attached hydrogens (tertiary/aromatic N) is 3. The number of rotatable bonds is 2. The Morgan fingerprint density at radius 2 is 2.29 bits per heavy atom. The molecule has 4 rings (SSSR count). The smallest absolute Gasteiger partial charge is 0.358 e. The summed E-state index contributed by atoms with van der Waals surface area (Å²) in [6.45, 7) is 2.77. The van der Waals surface area contributed by atoms with E-state index in [-0.39, 0.29) is 11.9 Å². The third kappa shape index (κ3) is 2.17. The second kappa shape index (κ2) is 5.87. The Bertz CT molecular complexity index is 846. The molecule has 0 saturated carbocycles. The summed E-state index contributed by atoms with van der Waals surface area (Å²) in [5.41, 5.74) is 2.53. The first-order chi connectivity index (χ1) is 11.6. The highest BCUT2D eigenvalue weighted by Crippen LogP contribution is 2.40. The van der Waals surface area contributed by atoms with Crippen molar-refractivity contribution in [2.45, 2.75) is 25.8 Å². The largest absolute Gasteiger partial charge is 0.461 e. The Labute approximate surface area is 152 Å². The van der Waals surface area contributed by atoms with E-state index in [0.29, 0.717) is 24.4 Å². The molecule has 2 aliphatic heterocycles. The van der Waals surface area contributed by atoms with Gasteiger partial charge in [0.2, 0.25) is 0 Å². The first-order valence-electron chi connectivity index (χ1n) is 7.97. The van der Waals surface area contributed by atoms with Gasteiger partial charge < -0.3 is 9.64 Å². The van der Waals surface area contributed by atoms with E-state index in [9.17, 15) is 9.59 Å². The summed E-state index contributed by atoms with van der Waals surface area (Å²) < 4.78 is 7.95. The van der Waals surface area contributed by atoms with E-state index in [4.69, 9.17) is 4.74 Å². The van der Waals surface area contributed by atoms with Crippen LogP contribution in [0.25, 0.3) is 5.69 Å². The predicted octanol–water partition coefficient (Wildman–Crippen LogP) is 2.94. The van der Waals surface area contributed by atoms with Crippen molar-refractivity contribution in [2.24, 2.45) is 0 Å². The first-order valence-corrected chi connectivity index (χ1v) is 9.05. The average Bonchev–Trinajstić information content (AvgIpc) is 3.18. The predicted molar refractivity (Wildman–Crippen MR) is 95.2 cm³/mol. The molecule has 0 aliphatic carbocycles. The van der Waals surface area contributed by atoms with Crippen LogP contribution in [0.1, 0.15) is 52.3 Å². The molecule has 7 heteroatoms. The first kappa shape index (κ1) is 15.6. The van der Waals surface area contributed by atoms with Gasteiger partial charge in [-0.15, -0.1) is 0 Å². The Balaban J connectivity index is 1.99. The van der Waals surface area contributed by atoms with Gasteiger partial charge in [-0.2, -0.15) is 0 Å². The van der Waals surface area contributed by atoms with Crippen molar-refractivity contribution >= 4 is 34.5 Å². The van der Waals surface area contributed by atoms with Crippen LogP contribution < -0.4 is 0 Å². The molecule has 3 heterocycles. The van der Waals surface area contributed by atoms with E-state index in [0.717, 1.165) is 27.8 Å². The standard InChI is InChI=1S/C17H16IN3O3/c1-2-24-17(23)14-15-12-7-4-8-20(12)16(22)13-10(18)5-3-6-11(13)21(15)9-19-14/h3,5-6,9,12H,2,4,7-8H2,1H3/t12-/m1/s1. The molecular formula is C17H16IN3O3. The van der Waals surface area contributed by atoms with Gasteiger partial charge in [0.25, 0.3) is 5.91 Å². The minimum atomic E-state index is -0.431. The van der Waals surface area contributed by atoms with E-state index >= 15 is 0 Å². The maximum absolute atomic E-state index is 13.1. The molecule has 2 aromatic rings. The zero-order valence-corrected chi connectivity index (χ0v) is 15.3. The van der Waals surface area contributed by atoms with Crippen molar-refractivity contribution in [3.63, 3.8) is 0 Å². The third-order valence-electron chi connectivity index (χ3n) is 4.57. The Kier molecular flexibility index (Phi) is 3.82. The van der Waals surface area contributed by atoms with Gasteiger partial charge in [0.15, 0.2) is 5.69 Å². The number of hydrogen-bond donors (Lipinski definition) is 0. The topological polar surface area (TPSA) is 64.4 Å². The molecule has 0 radical (unpaired) electrons. The number of ether oxygens (including phenoxy) is 1. The second-order valence-electron chi connectivity index (χ2n) is 5.86. The van der Waals surface area contributed by atoms with E-state index in [1.807, 2.05) is 27.7 Å². The van der Waals surface area contributed by atoms with Gasteiger partial charge in [-0.3, -0.25) is 9.36 Å². The lowest BCUT2D eigenvalue weighted by Gasteiger charge is -2.23. The molecule has 0 N–H and O–H groups in total. The minimum absolute atomic E-state index is 0.0241. The molecule has 1 fully saturated rings. The Morgan fingerprint density at radius 1 is 1.46 bits per heavy atom. The van der Waals surface area contributed by atoms with E-state index in [1.165, 1.54) is 0 Å². The van der Waals surface area contributed by atoms with Crippen LogP contribution in [-0.4, -0.2) is 39.5 Å². The summed E-state index contributed by atoms with van der Waals surface area (Å²) in [4.78, 5) is 31.6. The maximum Gasteiger partial charge on any atom is 0.358 e. The van der Waals surface area contributed by atoms with Crippen LogP contribution in [0.4, 0.5) is 0 Å². The van der Waals surface area contributed by atoms with Crippen molar-refractivity contribution in [1.29, 1.82) is 0 Å². The Hall–Kier alpha value is -1.90. The van der Waals surface area contributed by atoms with Gasteiger partial charge in [0, 0.05) is 10.1 Å². The van der Waals surface area contributed by atoms with E-state index in [1.54, 1.807) is 13.3 Å². The van der Waals surface area contributed by atoms with Gasteiger partial charge in [0.05, 0.1) is 29.6 Å². The lowest BCUT2D eigenvalue weighted by molar-refractivity contribution is 0.0513. The van der Waals surface area contributed by atoms with Crippen molar-refractivity contribution in [1.82, 2.24) is 14.5 Å². The van der Waals surface area contributed by atoms with Gasteiger partial charge in [-0.25, -0.2) is 9.78 Å². The molecule has 1 saturated heterocycles. The molecule has 1 amide bonds. The molecule has 1 aromatic carbocycles. The number of fused-ring (bicyclic) bond motifs is 5. The summed E-state index contributed by atoms with van der Waals surface area (Å²) in [6, 6.07) is 5.61. The van der Waals surface area contributed by atoms with Crippen LogP contribution in [0.3, 0.4) is 0 Å². The van der Waals surface area contributed by atoms with Crippen LogP contribution in [0, 0.1) is 3.57 Å². The van der Waals surface area contributed by atoms with Crippen LogP contribution >= 0.6 is 22.6 Å². The number of esters is 1. The van der Waals surface area contributed by atoms with Crippen LogP contribution in [0.2, 0.25) is 0 Å². The fourth-order valence-electron chi connectivity index (χ4n) is 3.59. The monoisotopic (exact) mass is 437 g/mol. The highest BCUT2D eigenvalue weighted by Gasteiger charge is 2.40. The van der Waals surface area contributed by atoms with Crippen LogP contribution in [0.15, 0.2) is 24.5 Å². The summed E-state index contributed by atoms with van der Waals surface area (Å²) in [5, 5.41) is 0. The number of carbonyl (C=O) groups excluding carboxylic acids is 2. The fourth-order valence-corrected chi connectivity index (χ4v) is 4.30. The molecule has 1 atom stereocenters. The van der Waals surface area contributed by atoms with Crippen LogP contribution in [-0.2, 0) is 4.74 Å². The van der Waals surface area contributed by atoms with E-state index < -0.39 is 5.97 Å². The summed E-state index contributed by atoms with van der Waals surface area (Å²) in [5.74, 6) is -0.407. The molecule has 2 aliphatic rings. The number of imidazole rings is 1. The normalized spacial score (nSPS) is 18.7. The van der Waals surface area contributed by atoms with Crippen molar-refractivity contribution in [2.75, 3.05) is 13.2 Å². The molecule has 6 nitrogen and oxygen atoms in total. The summed E-state index contributed by atoms with van der Waals surface area (Å²) in [7, 11) is 0. The van der Waals surface area contributed by atoms with E-state index in [2.05, 4.69) is 27.6 Å². The lowest BCUT2D eigenvalue weighted by Crippen LogP contribution is -2.30. The van der Waals surface area contributed by atoms with Crippen molar-refractivity contribution in [3.8, 4) is 5.69 Å². The number of hydrogen-bond acceptors (Lipinski definition) is 4. The second-order valence-corrected chi connectivity index (χ2v) is 7.02. The summed E-state index contributed by atoms with van der Waals surface area (Å²) >= 11 is 2.19. The van der Waals surface area contributed by atoms with Crippen molar-refractivity contribution < 1.29 is 14.3 Å². The lowest BCUT2D eigenvalue weighted by atomic mass is 10.1. The number of aromatic nitrogens is 2. The SMILES string of the molecule is CCOC(=O)c1ncn2c1[C@H]1CCCN1C(=O)c1c(I)cccc1-2. The number of amides is 1. The Morgan fingerprint density at radius 3 is 3.08 bits per heavy atom. The molecule has 0 spiro atoms. The van der Waals surface area contributed by atoms with Gasteiger partial charge in [-0.05, 0) is 54.5 Å². The molecule has 0 unspecified atom stereocenters. The number of benzene rings is 1. The van der Waals surface area contributed by atoms with Crippen LogP contribution in [0.5, 0.6) is 0 Å².